The van der Waals surface area contributed by atoms with Crippen LogP contribution in [0.25, 0.3) is 0 Å². The monoisotopic (exact) mass is 441 g/mol. The smallest absolute Gasteiger partial charge is 0.408 e. The second-order valence-corrected chi connectivity index (χ2v) is 9.09. The van der Waals surface area contributed by atoms with E-state index in [0.29, 0.717) is 18.5 Å². The van der Waals surface area contributed by atoms with Crippen molar-refractivity contribution >= 4 is 17.6 Å². The van der Waals surface area contributed by atoms with Crippen molar-refractivity contribution in [3.05, 3.63) is 66.0 Å². The van der Waals surface area contributed by atoms with Gasteiger partial charge in [-0.1, -0.05) is 18.2 Å². The lowest BCUT2D eigenvalue weighted by Gasteiger charge is -2.36. The van der Waals surface area contributed by atoms with E-state index in [-0.39, 0.29) is 5.78 Å². The number of ether oxygens (including phenoxy) is 1. The zero-order valence-electron chi connectivity index (χ0n) is 19.0. The van der Waals surface area contributed by atoms with E-state index in [1.807, 2.05) is 39.0 Å². The Kier molecular flexibility index (Phi) is 7.85. The third kappa shape index (κ3) is 7.05. The SMILES string of the molecule is CC(C)(C)NC(=O)OC(CCN1CCN(c2ccccc2)CC1)C(=O)c1ccc(F)cc1. The number of piperazine rings is 1. The van der Waals surface area contributed by atoms with Crippen molar-refractivity contribution in [2.75, 3.05) is 37.6 Å². The van der Waals surface area contributed by atoms with Crippen molar-refractivity contribution in [1.82, 2.24) is 10.2 Å². The van der Waals surface area contributed by atoms with Crippen LogP contribution < -0.4 is 10.2 Å². The minimum atomic E-state index is -0.935. The molecule has 0 saturated carbocycles. The van der Waals surface area contributed by atoms with Crippen molar-refractivity contribution in [3.63, 3.8) is 0 Å². The summed E-state index contributed by atoms with van der Waals surface area (Å²) >= 11 is 0. The Morgan fingerprint density at radius 3 is 2.22 bits per heavy atom. The van der Waals surface area contributed by atoms with Gasteiger partial charge < -0.3 is 15.0 Å². The first kappa shape index (κ1) is 23.7. The van der Waals surface area contributed by atoms with Crippen molar-refractivity contribution < 1.29 is 18.7 Å². The fourth-order valence-electron chi connectivity index (χ4n) is 3.68. The van der Waals surface area contributed by atoms with E-state index >= 15 is 0 Å². The summed E-state index contributed by atoms with van der Waals surface area (Å²) in [6.45, 7) is 9.67. The van der Waals surface area contributed by atoms with Crippen molar-refractivity contribution in [3.8, 4) is 0 Å². The Morgan fingerprint density at radius 1 is 1.00 bits per heavy atom. The summed E-state index contributed by atoms with van der Waals surface area (Å²) in [5.74, 6) is -0.738. The van der Waals surface area contributed by atoms with Crippen LogP contribution in [-0.2, 0) is 4.74 Å². The molecular weight excluding hydrogens is 409 g/mol. The highest BCUT2D eigenvalue weighted by molar-refractivity contribution is 6.00. The van der Waals surface area contributed by atoms with Gasteiger partial charge in [0.15, 0.2) is 6.10 Å². The van der Waals surface area contributed by atoms with E-state index in [4.69, 9.17) is 4.74 Å². The summed E-state index contributed by atoms with van der Waals surface area (Å²) in [7, 11) is 0. The van der Waals surface area contributed by atoms with Crippen LogP contribution in [0.2, 0.25) is 0 Å². The van der Waals surface area contributed by atoms with E-state index in [0.717, 1.165) is 26.2 Å². The molecule has 1 heterocycles. The number of nitrogens with one attached hydrogen (secondary N) is 1. The number of amides is 1. The number of nitrogens with zero attached hydrogens (tertiary/aromatic N) is 2. The molecular formula is C25H32FN3O3. The number of rotatable bonds is 7. The molecule has 7 heteroatoms. The number of para-hydroxylation sites is 1. The fraction of sp³-hybridized carbons (Fsp3) is 0.440. The van der Waals surface area contributed by atoms with Gasteiger partial charge in [0.05, 0.1) is 0 Å². The third-order valence-corrected chi connectivity index (χ3v) is 5.35. The largest absolute Gasteiger partial charge is 0.438 e. The van der Waals surface area contributed by atoms with Gasteiger partial charge in [0.25, 0.3) is 0 Å². The molecule has 1 saturated heterocycles. The molecule has 1 aliphatic rings. The predicted octanol–water partition coefficient (Wildman–Crippen LogP) is 4.11. The second-order valence-electron chi connectivity index (χ2n) is 9.09. The summed E-state index contributed by atoms with van der Waals surface area (Å²) in [6, 6.07) is 15.6. The summed E-state index contributed by atoms with van der Waals surface area (Å²) in [5.41, 5.74) is 1.06. The van der Waals surface area contributed by atoms with E-state index in [1.54, 1.807) is 0 Å². The van der Waals surface area contributed by atoms with Gasteiger partial charge in [-0.15, -0.1) is 0 Å². The Labute approximate surface area is 189 Å². The molecule has 1 aliphatic heterocycles. The molecule has 2 aromatic carbocycles. The van der Waals surface area contributed by atoms with Crippen LogP contribution in [0.4, 0.5) is 14.9 Å². The number of halogens is 1. The van der Waals surface area contributed by atoms with E-state index in [9.17, 15) is 14.0 Å². The van der Waals surface area contributed by atoms with Gasteiger partial charge >= 0.3 is 6.09 Å². The van der Waals surface area contributed by atoms with E-state index < -0.39 is 23.6 Å². The molecule has 172 valence electrons. The van der Waals surface area contributed by atoms with Gasteiger partial charge in [-0.3, -0.25) is 9.69 Å². The van der Waals surface area contributed by atoms with Crippen LogP contribution in [0.5, 0.6) is 0 Å². The molecule has 1 unspecified atom stereocenters. The van der Waals surface area contributed by atoms with Gasteiger partial charge in [0.2, 0.25) is 5.78 Å². The first-order chi connectivity index (χ1) is 15.2. The molecule has 0 aliphatic carbocycles. The fourth-order valence-corrected chi connectivity index (χ4v) is 3.68. The van der Waals surface area contributed by atoms with Gasteiger partial charge in [-0.05, 0) is 57.2 Å². The summed E-state index contributed by atoms with van der Waals surface area (Å²) in [4.78, 5) is 30.0. The molecule has 3 rings (SSSR count). The van der Waals surface area contributed by atoms with Gasteiger partial charge in [-0.2, -0.15) is 0 Å². The Bertz CT molecular complexity index is 889. The van der Waals surface area contributed by atoms with Gasteiger partial charge in [0, 0.05) is 55.9 Å². The molecule has 0 radical (unpaired) electrons. The molecule has 1 amide bonds. The lowest BCUT2D eigenvalue weighted by atomic mass is 10.0. The van der Waals surface area contributed by atoms with Crippen molar-refractivity contribution in [1.29, 1.82) is 0 Å². The number of anilines is 1. The average molecular weight is 442 g/mol. The Hall–Kier alpha value is -2.93. The average Bonchev–Trinajstić information content (AvgIpc) is 2.76. The number of benzene rings is 2. The number of alkyl carbamates (subject to hydrolysis) is 1. The number of Topliss-reactive ketones (excluding diaryl/α,β-unsaturated/α-hetero) is 1. The maximum absolute atomic E-state index is 13.3. The maximum atomic E-state index is 13.3. The van der Waals surface area contributed by atoms with Crippen molar-refractivity contribution in [2.24, 2.45) is 0 Å². The molecule has 0 bridgehead atoms. The van der Waals surface area contributed by atoms with Crippen LogP contribution in [0.1, 0.15) is 37.6 Å². The molecule has 1 atom stereocenters. The highest BCUT2D eigenvalue weighted by Gasteiger charge is 2.27. The zero-order valence-corrected chi connectivity index (χ0v) is 19.0. The first-order valence-corrected chi connectivity index (χ1v) is 11.0. The van der Waals surface area contributed by atoms with Crippen molar-refractivity contribution in [2.45, 2.75) is 38.8 Å². The normalized spacial score (nSPS) is 15.8. The summed E-state index contributed by atoms with van der Waals surface area (Å²) in [5, 5.41) is 2.73. The molecule has 0 spiro atoms. The van der Waals surface area contributed by atoms with E-state index in [1.165, 1.54) is 30.0 Å². The number of hydrogen-bond donors (Lipinski definition) is 1. The van der Waals surface area contributed by atoms with Gasteiger partial charge in [0.1, 0.15) is 5.82 Å². The van der Waals surface area contributed by atoms with Crippen LogP contribution in [-0.4, -0.2) is 61.1 Å². The lowest BCUT2D eigenvalue weighted by molar-refractivity contribution is 0.0552. The highest BCUT2D eigenvalue weighted by atomic mass is 19.1. The standard InChI is InChI=1S/C25H32FN3O3/c1-25(2,3)27-24(31)32-22(23(30)19-9-11-20(26)12-10-19)13-14-28-15-17-29(18-16-28)21-7-5-4-6-8-21/h4-12,22H,13-18H2,1-3H3,(H,27,31). The summed E-state index contributed by atoms with van der Waals surface area (Å²) in [6.07, 6.45) is -1.19. The topological polar surface area (TPSA) is 61.9 Å². The number of carbonyl (C=O) groups excluding carboxylic acids is 2. The molecule has 6 nitrogen and oxygen atoms in total. The highest BCUT2D eigenvalue weighted by Crippen LogP contribution is 2.17. The minimum absolute atomic E-state index is 0.322. The number of hydrogen-bond acceptors (Lipinski definition) is 5. The molecule has 32 heavy (non-hydrogen) atoms. The number of ketones is 1. The van der Waals surface area contributed by atoms with Crippen LogP contribution in [0.3, 0.4) is 0 Å². The Balaban J connectivity index is 1.60. The minimum Gasteiger partial charge on any atom is -0.438 e. The Morgan fingerprint density at radius 2 is 1.62 bits per heavy atom. The van der Waals surface area contributed by atoms with E-state index in [2.05, 4.69) is 27.2 Å². The van der Waals surface area contributed by atoms with Crippen LogP contribution in [0.15, 0.2) is 54.6 Å². The quantitative estimate of drug-likeness (QED) is 0.655. The molecule has 1 fully saturated rings. The number of carbonyl (C=O) groups is 2. The maximum Gasteiger partial charge on any atom is 0.408 e. The predicted molar refractivity (Wildman–Crippen MR) is 124 cm³/mol. The summed E-state index contributed by atoms with van der Waals surface area (Å²) < 4.78 is 18.8. The molecule has 2 aromatic rings. The second kappa shape index (κ2) is 10.6. The zero-order chi connectivity index (χ0) is 23.1. The molecule has 1 N–H and O–H groups in total. The lowest BCUT2D eigenvalue weighted by Crippen LogP contribution is -2.48. The van der Waals surface area contributed by atoms with Crippen LogP contribution in [0, 0.1) is 5.82 Å². The first-order valence-electron chi connectivity index (χ1n) is 11.0. The third-order valence-electron chi connectivity index (χ3n) is 5.35. The van der Waals surface area contributed by atoms with Gasteiger partial charge in [-0.25, -0.2) is 9.18 Å². The molecule has 0 aromatic heterocycles. The van der Waals surface area contributed by atoms with Crippen LogP contribution >= 0.6 is 0 Å².